The molecule has 0 aliphatic carbocycles. The van der Waals surface area contributed by atoms with Crippen LogP contribution in [-0.2, 0) is 6.54 Å². The highest BCUT2D eigenvalue weighted by Gasteiger charge is 2.22. The van der Waals surface area contributed by atoms with Crippen LogP contribution >= 0.6 is 0 Å². The molecular weight excluding hydrogens is 300 g/mol. The van der Waals surface area contributed by atoms with E-state index < -0.39 is 0 Å². The molecule has 122 valence electrons. The third-order valence-electron chi connectivity index (χ3n) is 4.03. The molecule has 6 nitrogen and oxygen atoms in total. The van der Waals surface area contributed by atoms with E-state index in [1.54, 1.807) is 0 Å². The van der Waals surface area contributed by atoms with E-state index in [-0.39, 0.29) is 5.41 Å². The summed E-state index contributed by atoms with van der Waals surface area (Å²) >= 11 is 0. The van der Waals surface area contributed by atoms with Crippen LogP contribution in [0.2, 0.25) is 0 Å². The molecule has 0 aliphatic heterocycles. The Bertz CT molecular complexity index is 1030. The number of hydrogen-bond donors (Lipinski definition) is 2. The van der Waals surface area contributed by atoms with Crippen LogP contribution in [0.25, 0.3) is 33.2 Å². The molecule has 0 atom stereocenters. The van der Waals surface area contributed by atoms with Gasteiger partial charge < -0.3 is 10.7 Å². The van der Waals surface area contributed by atoms with Crippen molar-refractivity contribution < 1.29 is 0 Å². The van der Waals surface area contributed by atoms with Gasteiger partial charge in [0.1, 0.15) is 17.8 Å². The summed E-state index contributed by atoms with van der Waals surface area (Å²) in [5.41, 5.74) is 9.94. The first-order chi connectivity index (χ1) is 11.4. The lowest BCUT2D eigenvalue weighted by Crippen LogP contribution is -2.16. The molecule has 3 heterocycles. The van der Waals surface area contributed by atoms with E-state index in [1.807, 2.05) is 29.1 Å². The first kappa shape index (κ1) is 14.7. The minimum Gasteiger partial charge on any atom is -0.383 e. The lowest BCUT2D eigenvalue weighted by atomic mass is 9.97. The zero-order chi connectivity index (χ0) is 16.9. The second-order valence-electron chi connectivity index (χ2n) is 7.27. The SMILES string of the molecule is CC(C)(C)Cn1nc(-c2c[nH]c3ccccc23)c2c(N)ncnc21. The lowest BCUT2D eigenvalue weighted by molar-refractivity contribution is 0.330. The first-order valence-corrected chi connectivity index (χ1v) is 7.97. The number of rotatable bonds is 2. The van der Waals surface area contributed by atoms with Crippen LogP contribution in [0, 0.1) is 5.41 Å². The lowest BCUT2D eigenvalue weighted by Gasteiger charge is -2.18. The number of aromatic amines is 1. The summed E-state index contributed by atoms with van der Waals surface area (Å²) in [5, 5.41) is 6.77. The molecule has 1 aromatic carbocycles. The highest BCUT2D eigenvalue weighted by atomic mass is 15.3. The number of H-pyrrole nitrogens is 1. The van der Waals surface area contributed by atoms with Crippen molar-refractivity contribution in [2.24, 2.45) is 5.41 Å². The second-order valence-corrected chi connectivity index (χ2v) is 7.27. The van der Waals surface area contributed by atoms with E-state index in [0.717, 1.165) is 39.7 Å². The van der Waals surface area contributed by atoms with Crippen LogP contribution in [0.1, 0.15) is 20.8 Å². The summed E-state index contributed by atoms with van der Waals surface area (Å²) in [7, 11) is 0. The number of benzene rings is 1. The summed E-state index contributed by atoms with van der Waals surface area (Å²) in [6.45, 7) is 7.28. The zero-order valence-electron chi connectivity index (χ0n) is 14.0. The average Bonchev–Trinajstić information content (AvgIpc) is 3.08. The summed E-state index contributed by atoms with van der Waals surface area (Å²) in [5.74, 6) is 0.459. The molecule has 0 spiro atoms. The first-order valence-electron chi connectivity index (χ1n) is 7.97. The average molecular weight is 320 g/mol. The van der Waals surface area contributed by atoms with Gasteiger partial charge in [-0.1, -0.05) is 39.0 Å². The molecular formula is C18H20N6. The number of anilines is 1. The second kappa shape index (κ2) is 5.06. The minimum absolute atomic E-state index is 0.0795. The van der Waals surface area contributed by atoms with Gasteiger partial charge in [-0.3, -0.25) is 0 Å². The normalized spacial score (nSPS) is 12.3. The number of nitrogens with two attached hydrogens (primary N) is 1. The molecule has 0 amide bonds. The Morgan fingerprint density at radius 3 is 2.75 bits per heavy atom. The maximum Gasteiger partial charge on any atom is 0.163 e. The highest BCUT2D eigenvalue weighted by Crippen LogP contribution is 2.35. The van der Waals surface area contributed by atoms with Gasteiger partial charge in [-0.15, -0.1) is 0 Å². The van der Waals surface area contributed by atoms with E-state index >= 15 is 0 Å². The van der Waals surface area contributed by atoms with Crippen molar-refractivity contribution in [2.75, 3.05) is 5.73 Å². The van der Waals surface area contributed by atoms with Crippen molar-refractivity contribution >= 4 is 27.8 Å². The Kier molecular flexibility index (Phi) is 3.09. The van der Waals surface area contributed by atoms with Gasteiger partial charge in [0.2, 0.25) is 0 Å². The molecule has 3 aromatic heterocycles. The summed E-state index contributed by atoms with van der Waals surface area (Å²) in [6, 6.07) is 8.16. The summed E-state index contributed by atoms with van der Waals surface area (Å²) in [6.07, 6.45) is 3.47. The fourth-order valence-corrected chi connectivity index (χ4v) is 3.05. The molecule has 24 heavy (non-hydrogen) atoms. The summed E-state index contributed by atoms with van der Waals surface area (Å²) < 4.78 is 1.94. The van der Waals surface area contributed by atoms with E-state index in [9.17, 15) is 0 Å². The van der Waals surface area contributed by atoms with Crippen molar-refractivity contribution in [2.45, 2.75) is 27.3 Å². The smallest absolute Gasteiger partial charge is 0.163 e. The molecule has 3 N–H and O–H groups in total. The molecule has 0 saturated carbocycles. The van der Waals surface area contributed by atoms with Crippen LogP contribution in [0.5, 0.6) is 0 Å². The quantitative estimate of drug-likeness (QED) is 0.591. The van der Waals surface area contributed by atoms with Crippen molar-refractivity contribution in [1.29, 1.82) is 0 Å². The topological polar surface area (TPSA) is 85.4 Å². The molecule has 0 saturated heterocycles. The van der Waals surface area contributed by atoms with Crippen LogP contribution in [0.3, 0.4) is 0 Å². The van der Waals surface area contributed by atoms with Gasteiger partial charge in [-0.05, 0) is 11.5 Å². The number of fused-ring (bicyclic) bond motifs is 2. The van der Waals surface area contributed by atoms with E-state index in [1.165, 1.54) is 6.33 Å². The maximum atomic E-state index is 6.17. The standard InChI is InChI=1S/C18H20N6/c1-18(2,3)9-24-17-14(16(19)21-10-22-17)15(23-24)12-8-20-13-7-5-4-6-11(12)13/h4-8,10,20H,9H2,1-3H3,(H2,19,21,22). The highest BCUT2D eigenvalue weighted by molar-refractivity contribution is 6.05. The van der Waals surface area contributed by atoms with Crippen LogP contribution < -0.4 is 5.73 Å². The van der Waals surface area contributed by atoms with Gasteiger partial charge >= 0.3 is 0 Å². The number of para-hydroxylation sites is 1. The molecule has 4 rings (SSSR count). The molecule has 0 bridgehead atoms. The number of hydrogen-bond acceptors (Lipinski definition) is 4. The Morgan fingerprint density at radius 2 is 1.96 bits per heavy atom. The fraction of sp³-hybridized carbons (Fsp3) is 0.278. The van der Waals surface area contributed by atoms with Crippen molar-refractivity contribution in [3.8, 4) is 11.3 Å². The van der Waals surface area contributed by atoms with Crippen molar-refractivity contribution in [1.82, 2.24) is 24.7 Å². The molecule has 0 fully saturated rings. The number of nitrogens with one attached hydrogen (secondary N) is 1. The minimum atomic E-state index is 0.0795. The Hall–Kier alpha value is -2.89. The van der Waals surface area contributed by atoms with Gasteiger partial charge in [0.15, 0.2) is 5.65 Å². The molecule has 0 unspecified atom stereocenters. The van der Waals surface area contributed by atoms with Crippen molar-refractivity contribution in [3.05, 3.63) is 36.8 Å². The largest absolute Gasteiger partial charge is 0.383 e. The Morgan fingerprint density at radius 1 is 1.17 bits per heavy atom. The van der Waals surface area contributed by atoms with Crippen LogP contribution in [0.15, 0.2) is 36.8 Å². The predicted molar refractivity (Wildman–Crippen MR) is 96.5 cm³/mol. The third kappa shape index (κ3) is 2.31. The van der Waals surface area contributed by atoms with Gasteiger partial charge in [-0.25, -0.2) is 14.6 Å². The van der Waals surface area contributed by atoms with Gasteiger partial charge in [0, 0.05) is 29.2 Å². The number of nitrogen functional groups attached to an aromatic ring is 1. The third-order valence-corrected chi connectivity index (χ3v) is 4.03. The monoisotopic (exact) mass is 320 g/mol. The predicted octanol–water partition coefficient (Wildman–Crippen LogP) is 3.60. The van der Waals surface area contributed by atoms with E-state index in [4.69, 9.17) is 10.8 Å². The maximum absolute atomic E-state index is 6.17. The Balaban J connectivity index is 2.02. The Labute approximate surface area is 139 Å². The van der Waals surface area contributed by atoms with Crippen molar-refractivity contribution in [3.63, 3.8) is 0 Å². The molecule has 0 aliphatic rings. The number of aromatic nitrogens is 5. The van der Waals surface area contributed by atoms with Gasteiger partial charge in [-0.2, -0.15) is 5.10 Å². The van der Waals surface area contributed by atoms with E-state index in [0.29, 0.717) is 5.82 Å². The molecule has 0 radical (unpaired) electrons. The zero-order valence-corrected chi connectivity index (χ0v) is 14.0. The van der Waals surface area contributed by atoms with Gasteiger partial charge in [0.25, 0.3) is 0 Å². The van der Waals surface area contributed by atoms with Crippen LogP contribution in [0.4, 0.5) is 5.82 Å². The number of nitrogens with zero attached hydrogens (tertiary/aromatic N) is 4. The molecule has 6 heteroatoms. The summed E-state index contributed by atoms with van der Waals surface area (Å²) in [4.78, 5) is 11.9. The van der Waals surface area contributed by atoms with E-state index in [2.05, 4.69) is 41.8 Å². The fourth-order valence-electron chi connectivity index (χ4n) is 3.05. The van der Waals surface area contributed by atoms with Crippen LogP contribution in [-0.4, -0.2) is 24.7 Å². The van der Waals surface area contributed by atoms with Gasteiger partial charge in [0.05, 0.1) is 5.39 Å². The molecule has 4 aromatic rings.